The molecule has 9 heteroatoms. The lowest BCUT2D eigenvalue weighted by Crippen LogP contribution is -2.40. The molecule has 5 nitrogen and oxygen atoms in total. The number of carbonyl (C=O) groups excluding carboxylic acids is 1. The summed E-state index contributed by atoms with van der Waals surface area (Å²) in [5.74, 6) is -9.27. The second-order valence-corrected chi connectivity index (χ2v) is 11.3. The van der Waals surface area contributed by atoms with Gasteiger partial charge in [0, 0.05) is 63.8 Å². The number of hydrogen-bond acceptors (Lipinski definition) is 4. The monoisotopic (exact) mass is 564 g/mol. The number of aryl methyl sites for hydroxylation is 2. The highest BCUT2D eigenvalue weighted by Gasteiger charge is 2.37. The molecule has 4 aliphatic heterocycles. The molecule has 4 aliphatic rings. The molecule has 0 aliphatic carbocycles. The van der Waals surface area contributed by atoms with Gasteiger partial charge < -0.3 is 19.5 Å². The van der Waals surface area contributed by atoms with Gasteiger partial charge in [0.15, 0.2) is 23.3 Å². The summed E-state index contributed by atoms with van der Waals surface area (Å²) in [4.78, 5) is 14.6. The van der Waals surface area contributed by atoms with Gasteiger partial charge in [0.25, 0.3) is 0 Å². The summed E-state index contributed by atoms with van der Waals surface area (Å²) < 4.78 is 69.2. The Balaban J connectivity index is 1.72. The molecule has 0 bridgehead atoms. The van der Waals surface area contributed by atoms with Crippen LogP contribution in [-0.4, -0.2) is 32.7 Å². The maximum absolute atomic E-state index is 15.9. The predicted octanol–water partition coefficient (Wildman–Crippen LogP) is 3.29. The van der Waals surface area contributed by atoms with Crippen molar-refractivity contribution in [3.05, 3.63) is 84.9 Å². The molecule has 41 heavy (non-hydrogen) atoms. The minimum absolute atomic E-state index is 0.0109. The molecule has 0 amide bonds. The van der Waals surface area contributed by atoms with E-state index in [1.807, 2.05) is 20.0 Å². The molecule has 0 unspecified atom stereocenters. The van der Waals surface area contributed by atoms with Crippen LogP contribution in [0, 0.1) is 23.3 Å². The van der Waals surface area contributed by atoms with Crippen molar-refractivity contribution in [1.82, 2.24) is 4.58 Å². The zero-order valence-electron chi connectivity index (χ0n) is 22.9. The van der Waals surface area contributed by atoms with Crippen LogP contribution in [0.4, 0.5) is 23.2 Å². The number of nitrogens with zero attached hydrogens (tertiary/aromatic N) is 2. The van der Waals surface area contributed by atoms with E-state index in [9.17, 15) is 18.7 Å². The number of halogens is 4. The van der Waals surface area contributed by atoms with E-state index in [0.717, 1.165) is 78.6 Å². The lowest BCUT2D eigenvalue weighted by molar-refractivity contribution is -0.255. The maximum Gasteiger partial charge on any atom is 0.209 e. The predicted molar refractivity (Wildman–Crippen MR) is 143 cm³/mol. The number of benzene rings is 3. The fraction of sp³-hybridized carbons (Fsp3) is 0.375. The van der Waals surface area contributed by atoms with Crippen LogP contribution in [-0.2, 0) is 25.7 Å². The molecule has 0 atom stereocenters. The molecule has 0 radical (unpaired) electrons. The van der Waals surface area contributed by atoms with E-state index >= 15 is 8.78 Å². The molecule has 3 aromatic rings. The third-order valence-corrected chi connectivity index (χ3v) is 9.05. The number of rotatable bonds is 3. The normalized spacial score (nSPS) is 17.0. The molecular formula is C32H28F4N2O3. The molecular weight excluding hydrogens is 536 g/mol. The summed E-state index contributed by atoms with van der Waals surface area (Å²) in [6.45, 7) is 4.59. The van der Waals surface area contributed by atoms with Crippen LogP contribution in [0.25, 0.3) is 5.57 Å². The first kappa shape index (κ1) is 26.0. The van der Waals surface area contributed by atoms with E-state index < -0.39 is 40.4 Å². The van der Waals surface area contributed by atoms with Crippen molar-refractivity contribution >= 4 is 17.2 Å². The standard InChI is InChI=1S/C32H28F4N2O3/c1-3-15-13-19-21(22-23(32(39)40)25(34)27(36)26(35)24(22)33)20-14-16-7-4-11-38-12-6-9-18(29(16)38)31(20)41-30(19)17-8-5-10-37(2)28(15)17/h13-14H,3-12H2,1-2H3. The van der Waals surface area contributed by atoms with Crippen LogP contribution in [0.15, 0.2) is 12.1 Å². The molecule has 3 aromatic carbocycles. The second-order valence-electron chi connectivity index (χ2n) is 11.3. The smallest absolute Gasteiger partial charge is 0.209 e. The molecule has 0 N–H and O–H groups in total. The van der Waals surface area contributed by atoms with Gasteiger partial charge in [-0.3, -0.25) is 0 Å². The number of fused-ring (bicyclic) bond motifs is 5. The largest absolute Gasteiger partial charge is 0.545 e. The Kier molecular flexibility index (Phi) is 5.92. The van der Waals surface area contributed by atoms with Crippen LogP contribution in [0.3, 0.4) is 0 Å². The third-order valence-electron chi connectivity index (χ3n) is 9.05. The Bertz CT molecular complexity index is 1830. The van der Waals surface area contributed by atoms with Crippen LogP contribution in [0.5, 0.6) is 11.5 Å². The minimum Gasteiger partial charge on any atom is -0.545 e. The van der Waals surface area contributed by atoms with Gasteiger partial charge in [0.1, 0.15) is 25.1 Å². The first-order chi connectivity index (χ1) is 19.7. The summed E-state index contributed by atoms with van der Waals surface area (Å²) in [6, 6.07) is 3.63. The van der Waals surface area contributed by atoms with Gasteiger partial charge in [-0.25, -0.2) is 22.1 Å². The van der Waals surface area contributed by atoms with E-state index in [1.165, 1.54) is 0 Å². The van der Waals surface area contributed by atoms with Crippen molar-refractivity contribution in [2.24, 2.45) is 0 Å². The quantitative estimate of drug-likeness (QED) is 0.166. The van der Waals surface area contributed by atoms with Gasteiger partial charge in [-0.05, 0) is 56.2 Å². The van der Waals surface area contributed by atoms with Gasteiger partial charge in [0.2, 0.25) is 5.36 Å². The van der Waals surface area contributed by atoms with Crippen LogP contribution in [0.1, 0.15) is 69.9 Å². The highest BCUT2D eigenvalue weighted by molar-refractivity contribution is 5.99. The van der Waals surface area contributed by atoms with E-state index in [-0.39, 0.29) is 5.57 Å². The minimum atomic E-state index is -2.18. The van der Waals surface area contributed by atoms with Crippen molar-refractivity contribution in [2.45, 2.75) is 51.9 Å². The third kappa shape index (κ3) is 3.60. The van der Waals surface area contributed by atoms with Gasteiger partial charge in [-0.2, -0.15) is 0 Å². The average Bonchev–Trinajstić information content (AvgIpc) is 2.97. The topological polar surface area (TPSA) is 55.6 Å². The molecule has 0 spiro atoms. The van der Waals surface area contributed by atoms with E-state index in [4.69, 9.17) is 4.74 Å². The molecule has 0 saturated heterocycles. The average molecular weight is 565 g/mol. The van der Waals surface area contributed by atoms with Gasteiger partial charge in [-0.15, -0.1) is 0 Å². The first-order valence-corrected chi connectivity index (χ1v) is 14.2. The number of carboxylic acids is 1. The van der Waals surface area contributed by atoms with Crippen molar-refractivity contribution in [2.75, 3.05) is 31.6 Å². The molecule has 4 heterocycles. The summed E-state index contributed by atoms with van der Waals surface area (Å²) in [7, 11) is 1.99. The van der Waals surface area contributed by atoms with Crippen LogP contribution < -0.4 is 29.9 Å². The number of aromatic carboxylic acids is 1. The molecule has 0 aromatic heterocycles. The Morgan fingerprint density at radius 1 is 0.951 bits per heavy atom. The molecule has 212 valence electrons. The van der Waals surface area contributed by atoms with Crippen molar-refractivity contribution < 1.29 is 32.2 Å². The lowest BCUT2D eigenvalue weighted by Gasteiger charge is -2.39. The fourth-order valence-electron chi connectivity index (χ4n) is 7.36. The number of ether oxygens (including phenoxy) is 1. The Morgan fingerprint density at radius 2 is 1.66 bits per heavy atom. The zero-order chi connectivity index (χ0) is 28.7. The van der Waals surface area contributed by atoms with Crippen molar-refractivity contribution in [3.63, 3.8) is 0 Å². The zero-order valence-corrected chi connectivity index (χ0v) is 22.9. The van der Waals surface area contributed by atoms with Crippen molar-refractivity contribution in [3.8, 4) is 11.5 Å². The maximum atomic E-state index is 15.9. The van der Waals surface area contributed by atoms with E-state index in [1.54, 1.807) is 6.07 Å². The highest BCUT2D eigenvalue weighted by atomic mass is 19.2. The molecule has 7 rings (SSSR count). The van der Waals surface area contributed by atoms with Crippen molar-refractivity contribution in [1.29, 1.82) is 0 Å². The van der Waals surface area contributed by atoms with E-state index in [2.05, 4.69) is 9.48 Å². The van der Waals surface area contributed by atoms with Crippen LogP contribution >= 0.6 is 0 Å². The number of hydrogen-bond donors (Lipinski definition) is 0. The summed E-state index contributed by atoms with van der Waals surface area (Å²) in [5.41, 5.74) is 2.92. The molecule has 0 saturated carbocycles. The Labute approximate surface area is 234 Å². The lowest BCUT2D eigenvalue weighted by atomic mass is 9.81. The summed E-state index contributed by atoms with van der Waals surface area (Å²) in [5, 5.41) is 13.6. The Hall–Kier alpha value is -3.88. The SMILES string of the molecule is CCc1cc2c(c3c1=[N+](C)CCC3)Oc1c(cc3c4c1CCCN4CCC3)C=2c1c(F)c(F)c(F)c(F)c1C(=O)[O-]. The second kappa shape index (κ2) is 9.33. The number of anilines is 1. The van der Waals surface area contributed by atoms with E-state index in [0.29, 0.717) is 41.5 Å². The van der Waals surface area contributed by atoms with Gasteiger partial charge >= 0.3 is 0 Å². The summed E-state index contributed by atoms with van der Waals surface area (Å²) >= 11 is 0. The fourth-order valence-corrected chi connectivity index (χ4v) is 7.36. The Morgan fingerprint density at radius 3 is 2.39 bits per heavy atom. The van der Waals surface area contributed by atoms with Gasteiger partial charge in [0.05, 0.1) is 11.5 Å². The number of carbonyl (C=O) groups is 1. The number of carboxylic acid groups (broad SMARTS) is 1. The van der Waals surface area contributed by atoms with Gasteiger partial charge in [-0.1, -0.05) is 6.92 Å². The van der Waals surface area contributed by atoms with Crippen LogP contribution in [0.2, 0.25) is 0 Å². The summed E-state index contributed by atoms with van der Waals surface area (Å²) in [6.07, 6.45) is 5.28. The molecule has 0 fully saturated rings. The first-order valence-electron chi connectivity index (χ1n) is 14.2. The highest BCUT2D eigenvalue weighted by Crippen LogP contribution is 2.49.